The topological polar surface area (TPSA) is 63.7 Å². The summed E-state index contributed by atoms with van der Waals surface area (Å²) in [6.07, 6.45) is 12.4. The Hall–Kier alpha value is -1.91. The average Bonchev–Trinajstić information content (AvgIpc) is 2.73. The van der Waals surface area contributed by atoms with Gasteiger partial charge in [0, 0.05) is 12.5 Å². The van der Waals surface area contributed by atoms with Crippen LogP contribution in [0.4, 0.5) is 0 Å². The number of ether oxygens (including phenoxy) is 1. The number of allylic oxidation sites excluding steroid dienone is 4. The maximum atomic E-state index is 12.6. The van der Waals surface area contributed by atoms with E-state index in [1.54, 1.807) is 13.8 Å². The molecule has 0 spiro atoms. The summed E-state index contributed by atoms with van der Waals surface area (Å²) in [6.45, 7) is 9.74. The van der Waals surface area contributed by atoms with Crippen molar-refractivity contribution in [2.75, 3.05) is 6.54 Å². The largest absolute Gasteiger partial charge is 0.461 e. The second-order valence-corrected chi connectivity index (χ2v) is 7.57. The van der Waals surface area contributed by atoms with Crippen LogP contribution < -0.4 is 0 Å². The molecule has 1 aliphatic carbocycles. The zero-order chi connectivity index (χ0) is 21.1. The normalized spacial score (nSPS) is 20.0. The Morgan fingerprint density at radius 1 is 1.14 bits per heavy atom. The molecule has 2 atom stereocenters. The molecule has 2 aliphatic rings. The molecule has 1 saturated heterocycles. The van der Waals surface area contributed by atoms with Gasteiger partial charge in [0.2, 0.25) is 5.78 Å². The van der Waals surface area contributed by atoms with E-state index in [2.05, 4.69) is 18.2 Å². The van der Waals surface area contributed by atoms with Crippen LogP contribution in [0.1, 0.15) is 79.6 Å². The molecule has 0 N–H and O–H groups in total. The van der Waals surface area contributed by atoms with Crippen LogP contribution in [0.2, 0.25) is 0 Å². The van der Waals surface area contributed by atoms with Crippen molar-refractivity contribution in [3.63, 3.8) is 0 Å². The summed E-state index contributed by atoms with van der Waals surface area (Å²) in [5, 5.41) is 0. The van der Waals surface area contributed by atoms with E-state index in [0.717, 1.165) is 38.5 Å². The van der Waals surface area contributed by atoms with Crippen molar-refractivity contribution in [1.29, 1.82) is 0 Å². The van der Waals surface area contributed by atoms with Crippen molar-refractivity contribution in [2.24, 2.45) is 5.92 Å². The highest BCUT2D eigenvalue weighted by Crippen LogP contribution is 2.22. The number of hydrogen-bond acceptors (Lipinski definition) is 4. The first-order valence-corrected chi connectivity index (χ1v) is 10.8. The lowest BCUT2D eigenvalue weighted by molar-refractivity contribution is -0.162. The molecule has 1 aliphatic heterocycles. The number of carbonyl (C=O) groups is 3. The fourth-order valence-electron chi connectivity index (χ4n) is 3.37. The van der Waals surface area contributed by atoms with E-state index >= 15 is 0 Å². The minimum atomic E-state index is -0.629. The molecule has 0 aromatic carbocycles. The van der Waals surface area contributed by atoms with E-state index in [1.165, 1.54) is 10.5 Å². The van der Waals surface area contributed by atoms with Crippen LogP contribution in [0.25, 0.3) is 0 Å². The Morgan fingerprint density at radius 3 is 2.46 bits per heavy atom. The number of rotatable bonds is 7. The molecule has 1 amide bonds. The van der Waals surface area contributed by atoms with E-state index in [0.29, 0.717) is 13.0 Å². The van der Waals surface area contributed by atoms with E-state index in [9.17, 15) is 14.4 Å². The predicted molar refractivity (Wildman–Crippen MR) is 112 cm³/mol. The summed E-state index contributed by atoms with van der Waals surface area (Å²) in [5.41, 5.74) is 1.29. The third kappa shape index (κ3) is 7.25. The highest BCUT2D eigenvalue weighted by molar-refractivity contribution is 6.37. The number of Topliss-reactive ketones (excluding diaryl/α,β-unsaturated/α-hetero) is 1. The molecule has 0 saturated carbocycles. The van der Waals surface area contributed by atoms with Crippen LogP contribution >= 0.6 is 0 Å². The van der Waals surface area contributed by atoms with Crippen molar-refractivity contribution in [3.8, 4) is 0 Å². The van der Waals surface area contributed by atoms with Gasteiger partial charge in [0.1, 0.15) is 6.04 Å². The molecule has 5 nitrogen and oxygen atoms in total. The van der Waals surface area contributed by atoms with Gasteiger partial charge in [0.05, 0.1) is 6.10 Å². The molecular formula is C23H37NO4. The Bertz CT molecular complexity index is 591. The highest BCUT2D eigenvalue weighted by atomic mass is 16.5. The van der Waals surface area contributed by atoms with Gasteiger partial charge in [-0.25, -0.2) is 4.79 Å². The minimum absolute atomic E-state index is 0.210. The summed E-state index contributed by atoms with van der Waals surface area (Å²) >= 11 is 0. The van der Waals surface area contributed by atoms with Crippen molar-refractivity contribution < 1.29 is 19.1 Å². The summed E-state index contributed by atoms with van der Waals surface area (Å²) < 4.78 is 5.61. The Kier molecular flexibility index (Phi) is 10.8. The first kappa shape index (κ1) is 24.1. The first-order valence-electron chi connectivity index (χ1n) is 10.8. The van der Waals surface area contributed by atoms with E-state index < -0.39 is 17.7 Å². The number of ketones is 1. The van der Waals surface area contributed by atoms with Gasteiger partial charge in [-0.1, -0.05) is 51.5 Å². The predicted octanol–water partition coefficient (Wildman–Crippen LogP) is 4.61. The van der Waals surface area contributed by atoms with Gasteiger partial charge >= 0.3 is 5.97 Å². The van der Waals surface area contributed by atoms with E-state index in [-0.39, 0.29) is 18.0 Å². The van der Waals surface area contributed by atoms with Gasteiger partial charge in [-0.2, -0.15) is 0 Å². The standard InChI is InChI=1S/C21H31NO4.C2H6/c1-15(2)19(23)20(24)22-14-8-7-11-18(22)21(25)26-16(3)12-13-17-9-5-4-6-10-17;1-2/h5,9-10,15-16,18H,4,6-8,11-14H2,1-3H3;1-2H3. The number of carbonyl (C=O) groups excluding carboxylic acids is 3. The second-order valence-electron chi connectivity index (χ2n) is 7.57. The molecule has 2 rings (SSSR count). The quantitative estimate of drug-likeness (QED) is 0.470. The molecule has 2 unspecified atom stereocenters. The van der Waals surface area contributed by atoms with Crippen molar-refractivity contribution in [2.45, 2.75) is 91.7 Å². The molecule has 158 valence electrons. The second kappa shape index (κ2) is 12.5. The third-order valence-corrected chi connectivity index (χ3v) is 5.00. The van der Waals surface area contributed by atoms with Crippen LogP contribution in [0, 0.1) is 5.92 Å². The van der Waals surface area contributed by atoms with Crippen molar-refractivity contribution in [1.82, 2.24) is 4.90 Å². The van der Waals surface area contributed by atoms with Gasteiger partial charge < -0.3 is 9.64 Å². The van der Waals surface area contributed by atoms with Crippen molar-refractivity contribution >= 4 is 17.7 Å². The zero-order valence-electron chi connectivity index (χ0n) is 18.2. The molecule has 5 heteroatoms. The number of hydrogen-bond donors (Lipinski definition) is 0. The fraction of sp³-hybridized carbons (Fsp3) is 0.696. The molecule has 1 fully saturated rings. The number of amides is 1. The van der Waals surface area contributed by atoms with E-state index in [1.807, 2.05) is 20.8 Å². The number of nitrogens with zero attached hydrogens (tertiary/aromatic N) is 1. The third-order valence-electron chi connectivity index (χ3n) is 5.00. The van der Waals surface area contributed by atoms with Crippen LogP contribution in [-0.4, -0.2) is 41.3 Å². The van der Waals surface area contributed by atoms with Crippen LogP contribution in [-0.2, 0) is 19.1 Å². The summed E-state index contributed by atoms with van der Waals surface area (Å²) in [7, 11) is 0. The van der Waals surface area contributed by atoms with Crippen molar-refractivity contribution in [3.05, 3.63) is 23.8 Å². The Labute approximate surface area is 170 Å². The maximum Gasteiger partial charge on any atom is 0.329 e. The number of esters is 1. The van der Waals surface area contributed by atoms with Gasteiger partial charge in [0.25, 0.3) is 5.91 Å². The van der Waals surface area contributed by atoms with Crippen LogP contribution in [0.15, 0.2) is 23.8 Å². The van der Waals surface area contributed by atoms with Gasteiger partial charge in [-0.05, 0) is 51.9 Å². The molecular weight excluding hydrogens is 354 g/mol. The van der Waals surface area contributed by atoms with Crippen LogP contribution in [0.3, 0.4) is 0 Å². The smallest absolute Gasteiger partial charge is 0.329 e. The lowest BCUT2D eigenvalue weighted by Gasteiger charge is -2.34. The average molecular weight is 392 g/mol. The van der Waals surface area contributed by atoms with Gasteiger partial charge in [-0.3, -0.25) is 9.59 Å². The lowest BCUT2D eigenvalue weighted by Crippen LogP contribution is -2.52. The molecule has 0 radical (unpaired) electrons. The molecule has 0 aromatic heterocycles. The van der Waals surface area contributed by atoms with Crippen LogP contribution in [0.5, 0.6) is 0 Å². The maximum absolute atomic E-state index is 12.6. The summed E-state index contributed by atoms with van der Waals surface area (Å²) in [4.78, 5) is 38.5. The van der Waals surface area contributed by atoms with Gasteiger partial charge in [-0.15, -0.1) is 0 Å². The Balaban J connectivity index is 0.00000190. The first-order chi connectivity index (χ1) is 13.4. The SMILES string of the molecule is CC.CC(CCC1=CCCC=C1)OC(=O)C1CCCCN1C(=O)C(=O)C(C)C. The molecule has 0 aromatic rings. The molecule has 0 bridgehead atoms. The monoisotopic (exact) mass is 391 g/mol. The lowest BCUT2D eigenvalue weighted by atomic mass is 9.99. The minimum Gasteiger partial charge on any atom is -0.461 e. The number of piperidine rings is 1. The zero-order valence-corrected chi connectivity index (χ0v) is 18.2. The molecule has 28 heavy (non-hydrogen) atoms. The number of likely N-dealkylation sites (tertiary alicyclic amines) is 1. The fourth-order valence-corrected chi connectivity index (χ4v) is 3.37. The van der Waals surface area contributed by atoms with Gasteiger partial charge in [0.15, 0.2) is 0 Å². The van der Waals surface area contributed by atoms with E-state index in [4.69, 9.17) is 4.74 Å². The summed E-state index contributed by atoms with van der Waals surface area (Å²) in [6, 6.07) is -0.629. The highest BCUT2D eigenvalue weighted by Gasteiger charge is 2.37. The Morgan fingerprint density at radius 2 is 1.86 bits per heavy atom. The molecule has 1 heterocycles. The summed E-state index contributed by atoms with van der Waals surface area (Å²) in [5.74, 6) is -1.73.